The van der Waals surface area contributed by atoms with Gasteiger partial charge < -0.3 is 14.8 Å². The molecule has 3 atom stereocenters. The van der Waals surface area contributed by atoms with Crippen LogP contribution in [0, 0.1) is 11.7 Å². The van der Waals surface area contributed by atoms with Crippen LogP contribution < -0.4 is 10.6 Å². The number of methoxy groups -OCH3 is 1. The monoisotopic (exact) mass is 658 g/mol. The zero-order valence-corrected chi connectivity index (χ0v) is 25.3. The summed E-state index contributed by atoms with van der Waals surface area (Å²) in [5.74, 6) is -1.09. The largest absolute Gasteiger partial charge is 0.453 e. The lowest BCUT2D eigenvalue weighted by atomic mass is 9.94. The Labute approximate surface area is 255 Å². The number of benzene rings is 2. The quantitative estimate of drug-likeness (QED) is 0.277. The molecule has 2 aromatic carbocycles. The predicted octanol–water partition coefficient (Wildman–Crippen LogP) is 7.87. The van der Waals surface area contributed by atoms with Gasteiger partial charge in [-0.05, 0) is 54.8 Å². The summed E-state index contributed by atoms with van der Waals surface area (Å²) >= 11 is 9.36. The van der Waals surface area contributed by atoms with Crippen molar-refractivity contribution in [1.82, 2.24) is 9.88 Å². The van der Waals surface area contributed by atoms with Crippen molar-refractivity contribution in [2.75, 3.05) is 24.3 Å². The van der Waals surface area contributed by atoms with Crippen LogP contribution in [0.3, 0.4) is 0 Å². The summed E-state index contributed by atoms with van der Waals surface area (Å²) in [4.78, 5) is 44.6. The Kier molecular flexibility index (Phi) is 8.98. The molecule has 0 radical (unpaired) electrons. The summed E-state index contributed by atoms with van der Waals surface area (Å²) < 4.78 is 25.8. The van der Waals surface area contributed by atoms with Gasteiger partial charge in [0, 0.05) is 46.4 Å². The molecule has 1 fully saturated rings. The number of pyridine rings is 1. The predicted molar refractivity (Wildman–Crippen MR) is 160 cm³/mol. The molecule has 1 saturated heterocycles. The number of nitrogens with one attached hydrogen (secondary N) is 2. The molecule has 1 aromatic heterocycles. The van der Waals surface area contributed by atoms with Crippen LogP contribution in [0.25, 0.3) is 11.1 Å². The minimum absolute atomic E-state index is 0.0429. The van der Waals surface area contributed by atoms with Crippen LogP contribution in [-0.4, -0.2) is 41.6 Å². The van der Waals surface area contributed by atoms with Crippen molar-refractivity contribution in [3.8, 4) is 11.1 Å². The van der Waals surface area contributed by atoms with Gasteiger partial charge in [-0.15, -0.1) is 0 Å². The Morgan fingerprint density at radius 2 is 2.00 bits per heavy atom. The van der Waals surface area contributed by atoms with Gasteiger partial charge in [0.2, 0.25) is 5.91 Å². The second kappa shape index (κ2) is 12.7. The van der Waals surface area contributed by atoms with Gasteiger partial charge in [-0.25, -0.2) is 14.0 Å². The third kappa shape index (κ3) is 6.22. The molecule has 0 saturated carbocycles. The van der Waals surface area contributed by atoms with E-state index in [1.165, 1.54) is 13.2 Å². The Bertz CT molecular complexity index is 1540. The van der Waals surface area contributed by atoms with E-state index < -0.39 is 30.1 Å². The Balaban J connectivity index is 1.48. The van der Waals surface area contributed by atoms with E-state index in [-0.39, 0.29) is 22.4 Å². The van der Waals surface area contributed by atoms with Gasteiger partial charge in [0.05, 0.1) is 29.6 Å². The number of ether oxygens (including phenoxy) is 2. The molecular formula is C30H29BrClFN4O5. The number of halogens is 3. The number of aromatic nitrogens is 1. The minimum atomic E-state index is -0.796. The van der Waals surface area contributed by atoms with Crippen molar-refractivity contribution < 1.29 is 28.2 Å². The van der Waals surface area contributed by atoms with Crippen molar-refractivity contribution >= 4 is 57.0 Å². The van der Waals surface area contributed by atoms with Crippen molar-refractivity contribution in [1.29, 1.82) is 0 Å². The fraction of sp³-hybridized carbons (Fsp3) is 0.333. The highest BCUT2D eigenvalue weighted by Crippen LogP contribution is 2.40. The second-order valence-corrected chi connectivity index (χ2v) is 11.6. The lowest BCUT2D eigenvalue weighted by Gasteiger charge is -2.37. The van der Waals surface area contributed by atoms with Crippen LogP contribution in [0.2, 0.25) is 5.02 Å². The zero-order valence-electron chi connectivity index (χ0n) is 23.0. The van der Waals surface area contributed by atoms with E-state index in [1.54, 1.807) is 35.4 Å². The minimum Gasteiger partial charge on any atom is -0.453 e. The van der Waals surface area contributed by atoms with Crippen molar-refractivity contribution in [2.45, 2.75) is 44.8 Å². The van der Waals surface area contributed by atoms with Crippen molar-refractivity contribution in [3.05, 3.63) is 75.2 Å². The average Bonchev–Trinajstić information content (AvgIpc) is 2.97. The Morgan fingerprint density at radius 1 is 1.19 bits per heavy atom. The molecule has 2 bridgehead atoms. The average molecular weight is 660 g/mol. The van der Waals surface area contributed by atoms with E-state index in [0.29, 0.717) is 53.8 Å². The lowest BCUT2D eigenvalue weighted by molar-refractivity contribution is -0.119. The first-order valence-electron chi connectivity index (χ1n) is 13.5. The number of hydrogen-bond acceptors (Lipinski definition) is 6. The number of carbonyl (C=O) groups excluding carboxylic acids is 3. The maximum absolute atomic E-state index is 14.9. The molecule has 0 aliphatic carbocycles. The molecule has 42 heavy (non-hydrogen) atoms. The number of hydrogen-bond donors (Lipinski definition) is 2. The second-order valence-electron chi connectivity index (χ2n) is 10.3. The third-order valence-electron chi connectivity index (χ3n) is 7.59. The molecule has 220 valence electrons. The van der Waals surface area contributed by atoms with Crippen molar-refractivity contribution in [3.63, 3.8) is 0 Å². The summed E-state index contributed by atoms with van der Waals surface area (Å²) in [6, 6.07) is 11.5. The number of fused-ring (bicyclic) bond motifs is 4. The van der Waals surface area contributed by atoms with Gasteiger partial charge in [0.1, 0.15) is 11.9 Å². The highest BCUT2D eigenvalue weighted by Gasteiger charge is 2.36. The number of anilines is 2. The SMILES string of the molecule is COC(=O)Nc1ccc2c(c1)NC(=O)[C@H](C)CCC[C@H](N1CCC(c3c(Br)ccc(Cl)c3F)OC1=O)c1cc-2ccn1. The lowest BCUT2D eigenvalue weighted by Crippen LogP contribution is -2.42. The summed E-state index contributed by atoms with van der Waals surface area (Å²) in [5, 5.41) is 5.59. The highest BCUT2D eigenvalue weighted by molar-refractivity contribution is 9.10. The van der Waals surface area contributed by atoms with E-state index >= 15 is 0 Å². The summed E-state index contributed by atoms with van der Waals surface area (Å²) in [5.41, 5.74) is 3.35. The van der Waals surface area contributed by atoms with Gasteiger partial charge >= 0.3 is 12.2 Å². The number of carbonyl (C=O) groups is 3. The molecule has 2 aliphatic heterocycles. The standard InChI is InChI=1S/C30H29BrClFN4O5/c1-16-4-3-5-24(37-13-11-25(42-30(37)40)26-20(31)8-9-21(32)27(26)33)23-14-17(10-12-34-23)19-7-6-18(35-29(39)41-2)15-22(19)36-28(16)38/h6-10,12,14-16,24-25H,3-5,11,13H2,1-2H3,(H,35,39)(H,36,38)/t16-,24+,25?/m1/s1. The van der Waals surface area contributed by atoms with E-state index in [1.807, 2.05) is 19.1 Å². The molecule has 2 aliphatic rings. The molecule has 1 unspecified atom stereocenters. The van der Waals surface area contributed by atoms with Gasteiger partial charge in [-0.2, -0.15) is 0 Å². The summed E-state index contributed by atoms with van der Waals surface area (Å²) in [6.45, 7) is 2.16. The molecule has 3 amide bonds. The third-order valence-corrected chi connectivity index (χ3v) is 8.58. The molecule has 3 heterocycles. The Morgan fingerprint density at radius 3 is 2.76 bits per heavy atom. The van der Waals surface area contributed by atoms with Gasteiger partial charge in [-0.3, -0.25) is 20.0 Å². The van der Waals surface area contributed by atoms with E-state index in [2.05, 4.69) is 31.5 Å². The first-order chi connectivity index (χ1) is 20.2. The molecule has 3 aromatic rings. The Hall–Kier alpha value is -3.70. The first-order valence-corrected chi connectivity index (χ1v) is 14.7. The zero-order chi connectivity index (χ0) is 30.0. The fourth-order valence-corrected chi connectivity index (χ4v) is 6.06. The van der Waals surface area contributed by atoms with E-state index in [0.717, 1.165) is 11.1 Å². The van der Waals surface area contributed by atoms with Crippen LogP contribution in [-0.2, 0) is 14.3 Å². The molecule has 0 spiro atoms. The smallest absolute Gasteiger partial charge is 0.411 e. The number of amides is 3. The molecule has 9 nitrogen and oxygen atoms in total. The van der Waals surface area contributed by atoms with Crippen LogP contribution in [0.4, 0.5) is 25.4 Å². The van der Waals surface area contributed by atoms with E-state index in [4.69, 9.17) is 21.1 Å². The van der Waals surface area contributed by atoms with Crippen molar-refractivity contribution in [2.24, 2.45) is 5.92 Å². The number of nitrogens with zero attached hydrogens (tertiary/aromatic N) is 2. The molecule has 5 rings (SSSR count). The normalized spacial score (nSPS) is 20.8. The van der Waals surface area contributed by atoms with Gasteiger partial charge in [0.25, 0.3) is 0 Å². The maximum Gasteiger partial charge on any atom is 0.411 e. The first kappa shape index (κ1) is 29.8. The molecular weight excluding hydrogens is 631 g/mol. The highest BCUT2D eigenvalue weighted by atomic mass is 79.9. The summed E-state index contributed by atoms with van der Waals surface area (Å²) in [6.07, 6.45) is 1.79. The van der Waals surface area contributed by atoms with Crippen LogP contribution >= 0.6 is 27.5 Å². The van der Waals surface area contributed by atoms with E-state index in [9.17, 15) is 18.8 Å². The molecule has 12 heteroatoms. The topological polar surface area (TPSA) is 110 Å². The summed E-state index contributed by atoms with van der Waals surface area (Å²) in [7, 11) is 1.27. The van der Waals surface area contributed by atoms with Gasteiger partial charge in [0.15, 0.2) is 0 Å². The van der Waals surface area contributed by atoms with Crippen LogP contribution in [0.5, 0.6) is 0 Å². The number of rotatable bonds is 3. The van der Waals surface area contributed by atoms with Crippen LogP contribution in [0.1, 0.15) is 56.0 Å². The maximum atomic E-state index is 14.9. The van der Waals surface area contributed by atoms with Gasteiger partial charge in [-0.1, -0.05) is 46.9 Å². The number of cyclic esters (lactones) is 1. The fourth-order valence-electron chi connectivity index (χ4n) is 5.33. The molecule has 2 N–H and O–H groups in total. The van der Waals surface area contributed by atoms with Crippen LogP contribution in [0.15, 0.2) is 53.1 Å².